The molecule has 0 aliphatic carbocycles. The zero-order chi connectivity index (χ0) is 19.1. The van der Waals surface area contributed by atoms with Crippen LogP contribution in [0.15, 0.2) is 18.2 Å². The zero-order valence-corrected chi connectivity index (χ0v) is 15.8. The largest absolute Gasteiger partial charge is 0.490 e. The van der Waals surface area contributed by atoms with Crippen LogP contribution in [0.5, 0.6) is 5.75 Å². The van der Waals surface area contributed by atoms with Gasteiger partial charge in [-0.15, -0.1) is 10.2 Å². The van der Waals surface area contributed by atoms with Crippen LogP contribution in [0.25, 0.3) is 0 Å². The van der Waals surface area contributed by atoms with E-state index in [1.54, 1.807) is 0 Å². The van der Waals surface area contributed by atoms with Crippen molar-refractivity contribution in [3.8, 4) is 5.75 Å². The van der Waals surface area contributed by atoms with Gasteiger partial charge in [-0.05, 0) is 25.0 Å². The topological polar surface area (TPSA) is 107 Å². The van der Waals surface area contributed by atoms with Gasteiger partial charge >= 0.3 is 5.69 Å². The molecule has 26 heavy (non-hydrogen) atoms. The highest BCUT2D eigenvalue weighted by molar-refractivity contribution is 7.15. The second-order valence-electron chi connectivity index (χ2n) is 5.79. The molecule has 1 amide bonds. The minimum atomic E-state index is -0.585. The van der Waals surface area contributed by atoms with Crippen molar-refractivity contribution in [1.29, 1.82) is 0 Å². The van der Waals surface area contributed by atoms with E-state index in [4.69, 9.17) is 4.74 Å². The van der Waals surface area contributed by atoms with E-state index in [0.717, 1.165) is 30.7 Å². The summed E-state index contributed by atoms with van der Waals surface area (Å²) in [4.78, 5) is 22.9. The number of carbonyl (C=O) groups excluding carboxylic acids is 1. The van der Waals surface area contributed by atoms with Crippen LogP contribution in [0.2, 0.25) is 0 Å². The van der Waals surface area contributed by atoms with E-state index in [9.17, 15) is 14.9 Å². The van der Waals surface area contributed by atoms with Gasteiger partial charge in [-0.1, -0.05) is 38.0 Å². The van der Waals surface area contributed by atoms with E-state index in [0.29, 0.717) is 11.0 Å². The number of nitro benzene ring substituents is 1. The monoisotopic (exact) mass is 378 g/mol. The fraction of sp³-hybridized carbons (Fsp3) is 0.471. The predicted octanol–water partition coefficient (Wildman–Crippen LogP) is 4.39. The molecule has 0 spiro atoms. The molecule has 0 unspecified atom stereocenters. The molecule has 0 saturated carbocycles. The van der Waals surface area contributed by atoms with Crippen LogP contribution in [-0.4, -0.2) is 28.1 Å². The van der Waals surface area contributed by atoms with Crippen molar-refractivity contribution in [3.63, 3.8) is 0 Å². The minimum Gasteiger partial charge on any atom is -0.490 e. The Balaban J connectivity index is 2.13. The van der Waals surface area contributed by atoms with Gasteiger partial charge in [0.05, 0.1) is 12.0 Å². The van der Waals surface area contributed by atoms with Crippen LogP contribution in [-0.2, 0) is 0 Å². The van der Waals surface area contributed by atoms with Gasteiger partial charge in [0, 0.05) is 17.5 Å². The van der Waals surface area contributed by atoms with Crippen LogP contribution < -0.4 is 10.1 Å². The second kappa shape index (κ2) is 9.23. The molecule has 9 heteroatoms. The Morgan fingerprint density at radius 3 is 2.77 bits per heavy atom. The summed E-state index contributed by atoms with van der Waals surface area (Å²) in [5.74, 6) is -0.0355. The Labute approximate surface area is 155 Å². The lowest BCUT2D eigenvalue weighted by Crippen LogP contribution is -2.12. The Morgan fingerprint density at radius 2 is 2.15 bits per heavy atom. The molecule has 1 aromatic heterocycles. The lowest BCUT2D eigenvalue weighted by molar-refractivity contribution is -0.385. The van der Waals surface area contributed by atoms with Crippen molar-refractivity contribution in [2.45, 2.75) is 45.4 Å². The molecule has 0 fully saturated rings. The standard InChI is InChI=1S/C17H22N4O4S/c1-4-6-7-11(5-2)16-19-20-17(26-16)18-15(22)12-8-9-14(25-3)13(10-12)21(23)24/h8-11H,4-7H2,1-3H3,(H,18,20,22)/t11-/m1/s1. The Bertz CT molecular complexity index is 778. The maximum Gasteiger partial charge on any atom is 0.311 e. The molecule has 0 saturated heterocycles. The van der Waals surface area contributed by atoms with Crippen molar-refractivity contribution in [2.75, 3.05) is 12.4 Å². The van der Waals surface area contributed by atoms with Crippen LogP contribution >= 0.6 is 11.3 Å². The van der Waals surface area contributed by atoms with Crippen molar-refractivity contribution < 1.29 is 14.5 Å². The van der Waals surface area contributed by atoms with Crippen LogP contribution in [0.3, 0.4) is 0 Å². The van der Waals surface area contributed by atoms with Gasteiger partial charge in [-0.2, -0.15) is 0 Å². The number of benzene rings is 1. The van der Waals surface area contributed by atoms with Gasteiger partial charge in [-0.25, -0.2) is 0 Å². The number of carbonyl (C=O) groups is 1. The summed E-state index contributed by atoms with van der Waals surface area (Å²) in [6.07, 6.45) is 4.25. The quantitative estimate of drug-likeness (QED) is 0.512. The number of rotatable bonds is 9. The number of nitrogens with one attached hydrogen (secondary N) is 1. The summed E-state index contributed by atoms with van der Waals surface area (Å²) in [7, 11) is 1.34. The van der Waals surface area contributed by atoms with E-state index in [-0.39, 0.29) is 17.0 Å². The highest BCUT2D eigenvalue weighted by Crippen LogP contribution is 2.31. The van der Waals surface area contributed by atoms with E-state index >= 15 is 0 Å². The van der Waals surface area contributed by atoms with Crippen molar-refractivity contribution >= 4 is 28.1 Å². The second-order valence-corrected chi connectivity index (χ2v) is 6.80. The third kappa shape index (κ3) is 4.75. The molecule has 0 radical (unpaired) electrons. The zero-order valence-electron chi connectivity index (χ0n) is 15.0. The van der Waals surface area contributed by atoms with E-state index in [1.165, 1.54) is 36.6 Å². The van der Waals surface area contributed by atoms with Crippen LogP contribution in [0.4, 0.5) is 10.8 Å². The van der Waals surface area contributed by atoms with E-state index in [2.05, 4.69) is 29.4 Å². The number of hydrogen-bond donors (Lipinski definition) is 1. The summed E-state index contributed by atoms with van der Waals surface area (Å²) < 4.78 is 4.94. The number of methoxy groups -OCH3 is 1. The van der Waals surface area contributed by atoms with Gasteiger partial charge < -0.3 is 4.74 Å². The summed E-state index contributed by atoms with van der Waals surface area (Å²) in [5, 5.41) is 23.2. The SMILES string of the molecule is CCCC[C@@H](CC)c1nnc(NC(=O)c2ccc(OC)c([N+](=O)[O-])c2)s1. The van der Waals surface area contributed by atoms with Crippen molar-refractivity contribution in [3.05, 3.63) is 38.9 Å². The first-order valence-electron chi connectivity index (χ1n) is 8.47. The number of anilines is 1. The maximum atomic E-state index is 12.4. The molecule has 1 heterocycles. The molecule has 8 nitrogen and oxygen atoms in total. The molecule has 1 atom stereocenters. The number of unbranched alkanes of at least 4 members (excludes halogenated alkanes) is 1. The fourth-order valence-corrected chi connectivity index (χ4v) is 3.50. The number of amides is 1. The average Bonchev–Trinajstić information content (AvgIpc) is 3.10. The summed E-state index contributed by atoms with van der Waals surface area (Å²) in [5.41, 5.74) is -0.101. The lowest BCUT2D eigenvalue weighted by atomic mass is 10.0. The first kappa shape index (κ1) is 19.8. The van der Waals surface area contributed by atoms with Gasteiger partial charge in [-0.3, -0.25) is 20.2 Å². The lowest BCUT2D eigenvalue weighted by Gasteiger charge is -2.09. The summed E-state index contributed by atoms with van der Waals surface area (Å²) >= 11 is 1.34. The molecule has 140 valence electrons. The predicted molar refractivity (Wildman–Crippen MR) is 100 cm³/mol. The Morgan fingerprint density at radius 1 is 1.38 bits per heavy atom. The number of aromatic nitrogens is 2. The average molecular weight is 378 g/mol. The smallest absolute Gasteiger partial charge is 0.311 e. The molecule has 0 bridgehead atoms. The third-order valence-electron chi connectivity index (χ3n) is 4.05. The van der Waals surface area contributed by atoms with E-state index in [1.807, 2.05) is 0 Å². The Hall–Kier alpha value is -2.55. The molecular weight excluding hydrogens is 356 g/mol. The van der Waals surface area contributed by atoms with Gasteiger partial charge in [0.25, 0.3) is 5.91 Å². The fourth-order valence-electron chi connectivity index (χ4n) is 2.55. The molecular formula is C17H22N4O4S. The van der Waals surface area contributed by atoms with E-state index < -0.39 is 10.8 Å². The van der Waals surface area contributed by atoms with Gasteiger partial charge in [0.15, 0.2) is 5.75 Å². The van der Waals surface area contributed by atoms with Crippen LogP contribution in [0.1, 0.15) is 60.8 Å². The van der Waals surface area contributed by atoms with Crippen LogP contribution in [0, 0.1) is 10.1 Å². The highest BCUT2D eigenvalue weighted by Gasteiger charge is 2.20. The molecule has 1 N–H and O–H groups in total. The normalized spacial score (nSPS) is 11.8. The first-order chi connectivity index (χ1) is 12.5. The molecule has 2 aromatic rings. The molecule has 0 aliphatic heterocycles. The third-order valence-corrected chi connectivity index (χ3v) is 5.05. The maximum absolute atomic E-state index is 12.4. The number of hydrogen-bond acceptors (Lipinski definition) is 7. The minimum absolute atomic E-state index is 0.103. The number of nitro groups is 1. The number of nitrogens with zero attached hydrogens (tertiary/aromatic N) is 3. The first-order valence-corrected chi connectivity index (χ1v) is 9.28. The molecule has 0 aliphatic rings. The highest BCUT2D eigenvalue weighted by atomic mass is 32.1. The van der Waals surface area contributed by atoms with Crippen molar-refractivity contribution in [2.24, 2.45) is 0 Å². The van der Waals surface area contributed by atoms with Gasteiger partial charge in [0.1, 0.15) is 5.01 Å². The van der Waals surface area contributed by atoms with Gasteiger partial charge in [0.2, 0.25) is 5.13 Å². The summed E-state index contributed by atoms with van der Waals surface area (Å²) in [6.45, 7) is 4.25. The molecule has 1 aromatic carbocycles. The molecule has 2 rings (SSSR count). The van der Waals surface area contributed by atoms with Crippen molar-refractivity contribution in [1.82, 2.24) is 10.2 Å². The number of ether oxygens (including phenoxy) is 1. The summed E-state index contributed by atoms with van der Waals surface area (Å²) in [6, 6.07) is 4.06. The Kier molecular flexibility index (Phi) is 7.02.